The number of hydrazone groups is 1. The fourth-order valence-electron chi connectivity index (χ4n) is 2.18. The zero-order valence-electron chi connectivity index (χ0n) is 15.8. The van der Waals surface area contributed by atoms with Gasteiger partial charge in [-0.1, -0.05) is 28.1 Å². The Hall–Kier alpha value is -0.840. The van der Waals surface area contributed by atoms with E-state index in [1.54, 1.807) is 32.9 Å². The Kier molecular flexibility index (Phi) is 8.16. The molecular formula is C17H24BrF4N3OS. The molecule has 0 spiro atoms. The van der Waals surface area contributed by atoms with E-state index in [9.17, 15) is 22.1 Å². The lowest BCUT2D eigenvalue weighted by Crippen LogP contribution is -2.54. The van der Waals surface area contributed by atoms with E-state index in [1.165, 1.54) is 26.2 Å². The lowest BCUT2D eigenvalue weighted by molar-refractivity contribution is -0.0630. The van der Waals surface area contributed by atoms with E-state index in [4.69, 9.17) is 0 Å². The quantitative estimate of drug-likeness (QED) is 0.273. The van der Waals surface area contributed by atoms with Crippen molar-refractivity contribution in [3.63, 3.8) is 0 Å². The van der Waals surface area contributed by atoms with Crippen LogP contribution in [0.3, 0.4) is 0 Å². The van der Waals surface area contributed by atoms with Gasteiger partial charge in [-0.25, -0.2) is 4.39 Å². The highest BCUT2D eigenvalue weighted by Crippen LogP contribution is 2.35. The van der Waals surface area contributed by atoms with Gasteiger partial charge in [0.1, 0.15) is 22.7 Å². The molecule has 0 bridgehead atoms. The fraction of sp³-hybridized carbons (Fsp3) is 0.588. The Labute approximate surface area is 168 Å². The van der Waals surface area contributed by atoms with Crippen LogP contribution in [-0.4, -0.2) is 47.0 Å². The van der Waals surface area contributed by atoms with Crippen LogP contribution in [0, 0.1) is 0 Å². The zero-order valence-corrected chi connectivity index (χ0v) is 18.2. The standard InChI is InChI=1S/C17H24BrF4N3OS/c1-15(2,3)27(26)24-16(11-19,12-7-6-8-13(18)9-12)10-14(17(20,21)22)23-25(4)5/h6-9,24H,10-11H2,1-5H3/b23-14-/t16-,27?/m1/s1. The Morgan fingerprint density at radius 1 is 1.26 bits per heavy atom. The normalized spacial score (nSPS) is 16.8. The maximum absolute atomic E-state index is 14.3. The van der Waals surface area contributed by atoms with Crippen molar-refractivity contribution < 1.29 is 22.1 Å². The number of benzene rings is 1. The molecule has 1 aromatic rings. The van der Waals surface area contributed by atoms with Crippen LogP contribution in [0.1, 0.15) is 32.8 Å². The average Bonchev–Trinajstić information content (AvgIpc) is 2.51. The molecule has 0 fully saturated rings. The molecule has 0 aliphatic rings. The van der Waals surface area contributed by atoms with Crippen LogP contribution in [0.5, 0.6) is 0 Å². The number of nitrogens with zero attached hydrogens (tertiary/aromatic N) is 2. The second-order valence-corrected chi connectivity index (χ2v) is 10.2. The minimum Gasteiger partial charge on any atom is -0.598 e. The Bertz CT molecular complexity index is 664. The maximum Gasteiger partial charge on any atom is 0.431 e. The van der Waals surface area contributed by atoms with Crippen LogP contribution in [0.15, 0.2) is 33.8 Å². The summed E-state index contributed by atoms with van der Waals surface area (Å²) in [6, 6.07) is 6.27. The molecule has 0 aliphatic heterocycles. The van der Waals surface area contributed by atoms with Crippen LogP contribution in [0.25, 0.3) is 0 Å². The van der Waals surface area contributed by atoms with Gasteiger partial charge in [0.15, 0.2) is 0 Å². The van der Waals surface area contributed by atoms with Crippen molar-refractivity contribution >= 4 is 33.0 Å². The molecule has 0 heterocycles. The van der Waals surface area contributed by atoms with Crippen molar-refractivity contribution in [3.8, 4) is 0 Å². The third-order valence-corrected chi connectivity index (χ3v) is 5.75. The number of rotatable bonds is 7. The second-order valence-electron chi connectivity index (χ2n) is 7.28. The van der Waals surface area contributed by atoms with E-state index in [2.05, 4.69) is 25.8 Å². The minimum absolute atomic E-state index is 0.243. The first-order chi connectivity index (χ1) is 12.2. The highest BCUT2D eigenvalue weighted by atomic mass is 79.9. The second kappa shape index (κ2) is 9.11. The van der Waals surface area contributed by atoms with Gasteiger partial charge in [0.05, 0.1) is 0 Å². The SMILES string of the molecule is CN(C)/N=C(/C[C@](CF)(N[S+]([O-])C(C)(C)C)c1cccc(Br)c1)C(F)(F)F. The van der Waals surface area contributed by atoms with Crippen molar-refractivity contribution in [2.24, 2.45) is 5.10 Å². The molecule has 27 heavy (non-hydrogen) atoms. The van der Waals surface area contributed by atoms with E-state index in [-0.39, 0.29) is 5.56 Å². The predicted molar refractivity (Wildman–Crippen MR) is 105 cm³/mol. The summed E-state index contributed by atoms with van der Waals surface area (Å²) >= 11 is 1.44. The van der Waals surface area contributed by atoms with Crippen LogP contribution in [-0.2, 0) is 16.9 Å². The molecule has 0 radical (unpaired) electrons. The van der Waals surface area contributed by atoms with E-state index in [1.807, 2.05) is 0 Å². The molecule has 1 rings (SSSR count). The highest BCUT2D eigenvalue weighted by Gasteiger charge is 2.47. The summed E-state index contributed by atoms with van der Waals surface area (Å²) in [6.07, 6.45) is -5.58. The van der Waals surface area contributed by atoms with E-state index >= 15 is 0 Å². The molecule has 0 amide bonds. The molecule has 2 atom stereocenters. The van der Waals surface area contributed by atoms with Crippen molar-refractivity contribution in [3.05, 3.63) is 34.3 Å². The molecule has 1 aromatic carbocycles. The smallest absolute Gasteiger partial charge is 0.431 e. The molecule has 1 N–H and O–H groups in total. The first kappa shape index (κ1) is 24.2. The number of nitrogens with one attached hydrogen (secondary N) is 1. The largest absolute Gasteiger partial charge is 0.598 e. The number of alkyl halides is 4. The van der Waals surface area contributed by atoms with Crippen molar-refractivity contribution in [2.75, 3.05) is 20.8 Å². The van der Waals surface area contributed by atoms with E-state index < -0.39 is 46.6 Å². The van der Waals surface area contributed by atoms with Crippen molar-refractivity contribution in [2.45, 2.75) is 43.7 Å². The first-order valence-corrected chi connectivity index (χ1v) is 9.99. The van der Waals surface area contributed by atoms with Gasteiger partial charge >= 0.3 is 6.18 Å². The Morgan fingerprint density at radius 2 is 1.85 bits per heavy atom. The van der Waals surface area contributed by atoms with Crippen LogP contribution < -0.4 is 4.72 Å². The zero-order chi connectivity index (χ0) is 21.0. The number of hydrogen-bond donors (Lipinski definition) is 1. The third kappa shape index (κ3) is 6.92. The molecule has 1 unspecified atom stereocenters. The van der Waals surface area contributed by atoms with Gasteiger partial charge in [0.25, 0.3) is 0 Å². The van der Waals surface area contributed by atoms with Gasteiger partial charge in [0, 0.05) is 36.4 Å². The average molecular weight is 474 g/mol. The van der Waals surface area contributed by atoms with Crippen LogP contribution >= 0.6 is 15.9 Å². The molecule has 0 aliphatic carbocycles. The summed E-state index contributed by atoms with van der Waals surface area (Å²) in [6.45, 7) is 3.75. The summed E-state index contributed by atoms with van der Waals surface area (Å²) in [5.41, 5.74) is -2.78. The van der Waals surface area contributed by atoms with Crippen molar-refractivity contribution in [1.29, 1.82) is 0 Å². The van der Waals surface area contributed by atoms with Gasteiger partial charge < -0.3 is 9.56 Å². The third-order valence-electron chi connectivity index (χ3n) is 3.57. The summed E-state index contributed by atoms with van der Waals surface area (Å²) in [5, 5.41) is 4.51. The summed E-state index contributed by atoms with van der Waals surface area (Å²) in [5.74, 6) is 0. The Balaban J connectivity index is 3.52. The van der Waals surface area contributed by atoms with E-state index in [0.717, 1.165) is 5.01 Å². The van der Waals surface area contributed by atoms with Gasteiger partial charge in [0.2, 0.25) is 0 Å². The first-order valence-electron chi connectivity index (χ1n) is 8.05. The fourth-order valence-corrected chi connectivity index (χ4v) is 3.49. The Morgan fingerprint density at radius 3 is 2.26 bits per heavy atom. The lowest BCUT2D eigenvalue weighted by Gasteiger charge is -2.36. The minimum atomic E-state index is -4.76. The van der Waals surface area contributed by atoms with Gasteiger partial charge in [-0.2, -0.15) is 18.3 Å². The summed E-state index contributed by atoms with van der Waals surface area (Å²) in [4.78, 5) is 0. The highest BCUT2D eigenvalue weighted by molar-refractivity contribution is 9.10. The molecule has 154 valence electrons. The molecule has 0 saturated heterocycles. The van der Waals surface area contributed by atoms with Crippen molar-refractivity contribution in [1.82, 2.24) is 9.73 Å². The lowest BCUT2D eigenvalue weighted by atomic mass is 9.86. The molecule has 10 heteroatoms. The van der Waals surface area contributed by atoms with Crippen LogP contribution in [0.2, 0.25) is 0 Å². The molecular weight excluding hydrogens is 450 g/mol. The van der Waals surface area contributed by atoms with Crippen LogP contribution in [0.4, 0.5) is 17.6 Å². The molecule has 4 nitrogen and oxygen atoms in total. The molecule has 0 aromatic heterocycles. The summed E-state index contributed by atoms with van der Waals surface area (Å²) in [7, 11) is 2.70. The van der Waals surface area contributed by atoms with E-state index in [0.29, 0.717) is 4.47 Å². The van der Waals surface area contributed by atoms with Gasteiger partial charge in [-0.05, 0) is 38.5 Å². The topological polar surface area (TPSA) is 50.7 Å². The monoisotopic (exact) mass is 473 g/mol. The number of halogens is 5. The van der Waals surface area contributed by atoms with Gasteiger partial charge in [-0.15, -0.1) is 4.72 Å². The van der Waals surface area contributed by atoms with Gasteiger partial charge in [-0.3, -0.25) is 0 Å². The maximum atomic E-state index is 14.3. The predicted octanol–water partition coefficient (Wildman–Crippen LogP) is 4.54. The summed E-state index contributed by atoms with van der Waals surface area (Å²) < 4.78 is 69.9. The number of hydrogen-bond acceptors (Lipinski definition) is 4. The molecule has 0 saturated carbocycles.